The number of nitrogens with one attached hydrogen (secondary N) is 1. The fourth-order valence-corrected chi connectivity index (χ4v) is 2.01. The summed E-state index contributed by atoms with van der Waals surface area (Å²) in [6.07, 6.45) is 2.25. The zero-order valence-corrected chi connectivity index (χ0v) is 13.1. The van der Waals surface area contributed by atoms with Crippen LogP contribution in [-0.4, -0.2) is 23.5 Å². The van der Waals surface area contributed by atoms with Crippen molar-refractivity contribution in [3.63, 3.8) is 0 Å². The first-order chi connectivity index (χ1) is 7.61. The van der Waals surface area contributed by atoms with Gasteiger partial charge in [-0.15, -0.1) is 36.2 Å². The van der Waals surface area contributed by atoms with Crippen LogP contribution in [0, 0.1) is 6.92 Å². The van der Waals surface area contributed by atoms with E-state index in [9.17, 15) is 4.79 Å². The number of aryl methyl sites for hydroxylation is 2. The first kappa shape index (κ1) is 20.0. The van der Waals surface area contributed by atoms with Gasteiger partial charge in [0.1, 0.15) is 0 Å². The summed E-state index contributed by atoms with van der Waals surface area (Å²) in [7, 11) is 0. The van der Waals surface area contributed by atoms with Crippen LogP contribution in [0.4, 0.5) is 0 Å². The minimum atomic E-state index is 0. The molecule has 0 aliphatic heterocycles. The highest BCUT2D eigenvalue weighted by Crippen LogP contribution is 2.10. The number of nitrogens with two attached hydrogens (primary N) is 1. The van der Waals surface area contributed by atoms with Gasteiger partial charge in [0.15, 0.2) is 0 Å². The van der Waals surface area contributed by atoms with Gasteiger partial charge in [-0.2, -0.15) is 0 Å². The van der Waals surface area contributed by atoms with E-state index in [2.05, 4.69) is 15.7 Å². The van der Waals surface area contributed by atoms with Gasteiger partial charge in [0.2, 0.25) is 5.91 Å². The van der Waals surface area contributed by atoms with E-state index >= 15 is 0 Å². The molecule has 0 saturated heterocycles. The maximum atomic E-state index is 11.4. The predicted molar refractivity (Wildman–Crippen MR) is 80.9 cm³/mol. The summed E-state index contributed by atoms with van der Waals surface area (Å²) in [6, 6.07) is 0.0639. The molecule has 4 nitrogen and oxygen atoms in total. The number of hydrogen-bond acceptors (Lipinski definition) is 4. The fraction of sp³-hybridized carbons (Fsp3) is 0.636. The third-order valence-electron chi connectivity index (χ3n) is 2.26. The summed E-state index contributed by atoms with van der Waals surface area (Å²) in [4.78, 5) is 15.8. The Kier molecular flexibility index (Phi) is 11.7. The lowest BCUT2D eigenvalue weighted by Gasteiger charge is -2.10. The number of thiazole rings is 1. The molecule has 106 valence electrons. The second kappa shape index (κ2) is 10.6. The van der Waals surface area contributed by atoms with E-state index in [1.54, 1.807) is 11.3 Å². The number of hydrogen-bond donors (Lipinski definition) is 2. The Morgan fingerprint density at radius 1 is 1.56 bits per heavy atom. The van der Waals surface area contributed by atoms with Crippen LogP contribution in [0.25, 0.3) is 0 Å². The summed E-state index contributed by atoms with van der Waals surface area (Å²) in [5, 5.41) is 5.97. The fourth-order valence-electron chi connectivity index (χ4n) is 1.36. The van der Waals surface area contributed by atoms with E-state index in [4.69, 9.17) is 5.73 Å². The number of nitrogens with zero attached hydrogens (tertiary/aromatic N) is 1. The molecule has 0 fully saturated rings. The molecule has 0 aliphatic rings. The van der Waals surface area contributed by atoms with E-state index in [1.165, 1.54) is 0 Å². The number of aromatic nitrogens is 1. The van der Waals surface area contributed by atoms with E-state index < -0.39 is 0 Å². The highest BCUT2D eigenvalue weighted by atomic mass is 35.5. The molecule has 0 bridgehead atoms. The number of carbonyl (C=O) groups excluding carboxylic acids is 1. The monoisotopic (exact) mass is 313 g/mol. The van der Waals surface area contributed by atoms with Crippen LogP contribution in [0.3, 0.4) is 0 Å². The van der Waals surface area contributed by atoms with Crippen molar-refractivity contribution in [2.24, 2.45) is 5.73 Å². The van der Waals surface area contributed by atoms with Gasteiger partial charge in [0.25, 0.3) is 0 Å². The quantitative estimate of drug-likeness (QED) is 0.845. The normalized spacial score (nSPS) is 11.1. The van der Waals surface area contributed by atoms with Crippen molar-refractivity contribution < 1.29 is 4.79 Å². The van der Waals surface area contributed by atoms with Gasteiger partial charge in [-0.25, -0.2) is 4.98 Å². The standard InChI is InChI=1S/C11H19N3OS.2ClH/c1-8(6-12)13-11(15)5-3-4-10-7-16-9(2)14-10;;/h7-8H,3-6,12H2,1-2H3,(H,13,15);2*1H/t8-;;/m0../s1. The molecule has 1 rings (SSSR count). The Labute approximate surface area is 125 Å². The molecule has 1 aromatic rings. The van der Waals surface area contributed by atoms with Gasteiger partial charge in [0.05, 0.1) is 10.7 Å². The van der Waals surface area contributed by atoms with Crippen LogP contribution in [0.1, 0.15) is 30.5 Å². The highest BCUT2D eigenvalue weighted by Gasteiger charge is 2.06. The lowest BCUT2D eigenvalue weighted by atomic mass is 10.2. The van der Waals surface area contributed by atoms with Crippen LogP contribution in [-0.2, 0) is 11.2 Å². The Balaban J connectivity index is 0. The topological polar surface area (TPSA) is 68.0 Å². The van der Waals surface area contributed by atoms with E-state index in [0.29, 0.717) is 13.0 Å². The molecular formula is C11H21Cl2N3OS. The zero-order chi connectivity index (χ0) is 12.0. The van der Waals surface area contributed by atoms with Crippen molar-refractivity contribution in [2.75, 3.05) is 6.54 Å². The summed E-state index contributed by atoms with van der Waals surface area (Å²) in [6.45, 7) is 4.38. The van der Waals surface area contributed by atoms with Crippen molar-refractivity contribution >= 4 is 42.1 Å². The predicted octanol–water partition coefficient (Wildman–Crippen LogP) is 2.08. The summed E-state index contributed by atoms with van der Waals surface area (Å²) >= 11 is 1.65. The van der Waals surface area contributed by atoms with Crippen molar-refractivity contribution in [1.29, 1.82) is 0 Å². The average molecular weight is 314 g/mol. The Morgan fingerprint density at radius 2 is 2.22 bits per heavy atom. The first-order valence-corrected chi connectivity index (χ1v) is 6.40. The minimum Gasteiger partial charge on any atom is -0.352 e. The van der Waals surface area contributed by atoms with Crippen molar-refractivity contribution in [2.45, 2.75) is 39.2 Å². The molecule has 0 unspecified atom stereocenters. The molecule has 7 heteroatoms. The Morgan fingerprint density at radius 3 is 2.72 bits per heavy atom. The second-order valence-electron chi connectivity index (χ2n) is 3.92. The zero-order valence-electron chi connectivity index (χ0n) is 10.6. The molecule has 1 atom stereocenters. The van der Waals surface area contributed by atoms with E-state index in [0.717, 1.165) is 23.5 Å². The van der Waals surface area contributed by atoms with Gasteiger partial charge in [0, 0.05) is 24.4 Å². The third-order valence-corrected chi connectivity index (χ3v) is 3.09. The lowest BCUT2D eigenvalue weighted by molar-refractivity contribution is -0.121. The molecule has 1 aromatic heterocycles. The maximum absolute atomic E-state index is 11.4. The van der Waals surface area contributed by atoms with Crippen LogP contribution < -0.4 is 11.1 Å². The summed E-state index contributed by atoms with van der Waals surface area (Å²) in [5.41, 5.74) is 6.50. The van der Waals surface area contributed by atoms with Gasteiger partial charge in [-0.3, -0.25) is 4.79 Å². The van der Waals surface area contributed by atoms with Crippen LogP contribution >= 0.6 is 36.2 Å². The molecule has 0 radical (unpaired) electrons. The third kappa shape index (κ3) is 7.87. The molecule has 3 N–H and O–H groups in total. The lowest BCUT2D eigenvalue weighted by Crippen LogP contribution is -2.37. The summed E-state index contributed by atoms with van der Waals surface area (Å²) in [5.74, 6) is 0.0740. The van der Waals surface area contributed by atoms with Gasteiger partial charge >= 0.3 is 0 Å². The van der Waals surface area contributed by atoms with Gasteiger partial charge in [-0.05, 0) is 26.7 Å². The molecule has 0 saturated carbocycles. The molecule has 0 spiro atoms. The largest absolute Gasteiger partial charge is 0.352 e. The molecule has 0 aromatic carbocycles. The molecular weight excluding hydrogens is 293 g/mol. The Bertz CT molecular complexity index is 347. The van der Waals surface area contributed by atoms with Crippen molar-refractivity contribution in [1.82, 2.24) is 10.3 Å². The average Bonchev–Trinajstić information content (AvgIpc) is 2.64. The minimum absolute atomic E-state index is 0. The smallest absolute Gasteiger partial charge is 0.220 e. The first-order valence-electron chi connectivity index (χ1n) is 5.52. The SMILES string of the molecule is Cc1nc(CCCC(=O)N[C@@H](C)CN)cs1.Cl.Cl. The number of amides is 1. The van der Waals surface area contributed by atoms with Gasteiger partial charge in [-0.1, -0.05) is 0 Å². The van der Waals surface area contributed by atoms with E-state index in [-0.39, 0.29) is 36.8 Å². The number of rotatable bonds is 6. The van der Waals surface area contributed by atoms with Crippen molar-refractivity contribution in [3.8, 4) is 0 Å². The highest BCUT2D eigenvalue weighted by molar-refractivity contribution is 7.09. The second-order valence-corrected chi connectivity index (χ2v) is 4.98. The van der Waals surface area contributed by atoms with Crippen molar-refractivity contribution in [3.05, 3.63) is 16.1 Å². The Hall–Kier alpha value is -0.360. The van der Waals surface area contributed by atoms with E-state index in [1.807, 2.05) is 13.8 Å². The molecule has 1 heterocycles. The number of halogens is 2. The number of carbonyl (C=O) groups is 1. The van der Waals surface area contributed by atoms with Crippen LogP contribution in [0.15, 0.2) is 5.38 Å². The van der Waals surface area contributed by atoms with Crippen LogP contribution in [0.5, 0.6) is 0 Å². The maximum Gasteiger partial charge on any atom is 0.220 e. The summed E-state index contributed by atoms with van der Waals surface area (Å²) < 4.78 is 0. The van der Waals surface area contributed by atoms with Crippen LogP contribution in [0.2, 0.25) is 0 Å². The molecule has 0 aliphatic carbocycles. The van der Waals surface area contributed by atoms with Gasteiger partial charge < -0.3 is 11.1 Å². The molecule has 1 amide bonds. The molecule has 18 heavy (non-hydrogen) atoms.